The van der Waals surface area contributed by atoms with E-state index in [1.165, 1.54) is 13.2 Å². The Kier molecular flexibility index (Phi) is 3.03. The minimum atomic E-state index is -0.626. The number of nitro benzene ring substituents is 1. The molecule has 0 spiro atoms. The van der Waals surface area contributed by atoms with Gasteiger partial charge in [-0.2, -0.15) is 0 Å². The number of nitro groups is 1. The van der Waals surface area contributed by atoms with Gasteiger partial charge in [-0.3, -0.25) is 14.9 Å². The maximum Gasteiger partial charge on any atom is 0.312 e. The number of benzene rings is 1. The molecule has 0 aliphatic rings. The number of carbonyl (C=O) groups excluding carboxylic acids is 1. The van der Waals surface area contributed by atoms with Crippen molar-refractivity contribution in [1.29, 1.82) is 0 Å². The lowest BCUT2D eigenvalue weighted by atomic mass is 10.2. The molecule has 0 N–H and O–H groups in total. The second kappa shape index (κ2) is 4.06. The Morgan fingerprint density at radius 1 is 1.57 bits per heavy atom. The first-order valence-electron chi connectivity index (χ1n) is 3.57. The second-order valence-electron chi connectivity index (χ2n) is 2.42. The molecule has 0 aromatic heterocycles. The van der Waals surface area contributed by atoms with E-state index in [1.54, 1.807) is 0 Å². The lowest BCUT2D eigenvalue weighted by Gasteiger charge is -2.03. The van der Waals surface area contributed by atoms with Crippen molar-refractivity contribution in [3.63, 3.8) is 0 Å². The highest BCUT2D eigenvalue weighted by atomic mass is 35.5. The van der Waals surface area contributed by atoms with Crippen LogP contribution >= 0.6 is 11.6 Å². The first-order chi connectivity index (χ1) is 6.60. The summed E-state index contributed by atoms with van der Waals surface area (Å²) in [5.41, 5.74) is -0.0998. The summed E-state index contributed by atoms with van der Waals surface area (Å²) in [5.74, 6) is 0.0153. The van der Waals surface area contributed by atoms with E-state index in [2.05, 4.69) is 0 Å². The van der Waals surface area contributed by atoms with E-state index >= 15 is 0 Å². The van der Waals surface area contributed by atoms with E-state index in [1.807, 2.05) is 0 Å². The summed E-state index contributed by atoms with van der Waals surface area (Å²) in [6, 6.07) is 2.32. The molecule has 0 aliphatic carbocycles. The van der Waals surface area contributed by atoms with Gasteiger partial charge < -0.3 is 4.74 Å². The molecule has 0 amide bonds. The molecule has 1 aromatic carbocycles. The average molecular weight is 216 g/mol. The van der Waals surface area contributed by atoms with Crippen LogP contribution in [0.5, 0.6) is 5.75 Å². The molecule has 0 fully saturated rings. The van der Waals surface area contributed by atoms with Gasteiger partial charge in [0, 0.05) is 11.6 Å². The van der Waals surface area contributed by atoms with Gasteiger partial charge >= 0.3 is 5.69 Å². The lowest BCUT2D eigenvalue weighted by molar-refractivity contribution is -0.385. The third-order valence-corrected chi connectivity index (χ3v) is 1.95. The van der Waals surface area contributed by atoms with Gasteiger partial charge in [-0.25, -0.2) is 0 Å². The third-order valence-electron chi connectivity index (χ3n) is 1.62. The largest absolute Gasteiger partial charge is 0.490 e. The summed E-state index contributed by atoms with van der Waals surface area (Å²) in [5, 5.41) is 10.5. The Balaban J connectivity index is 3.38. The van der Waals surface area contributed by atoms with Crippen molar-refractivity contribution in [3.05, 3.63) is 32.8 Å². The first kappa shape index (κ1) is 10.5. The van der Waals surface area contributed by atoms with Crippen LogP contribution in [0.3, 0.4) is 0 Å². The van der Waals surface area contributed by atoms with Crippen LogP contribution in [0.1, 0.15) is 10.4 Å². The van der Waals surface area contributed by atoms with Crippen molar-refractivity contribution in [3.8, 4) is 5.75 Å². The van der Waals surface area contributed by atoms with Crippen LogP contribution in [-0.4, -0.2) is 18.3 Å². The minimum absolute atomic E-state index is 0.0153. The molecule has 6 heteroatoms. The van der Waals surface area contributed by atoms with Crippen LogP contribution in [0.4, 0.5) is 5.69 Å². The number of nitrogens with zero attached hydrogens (tertiary/aromatic N) is 1. The van der Waals surface area contributed by atoms with E-state index in [9.17, 15) is 14.9 Å². The van der Waals surface area contributed by atoms with E-state index in [4.69, 9.17) is 16.3 Å². The second-order valence-corrected chi connectivity index (χ2v) is 2.83. The van der Waals surface area contributed by atoms with Crippen molar-refractivity contribution in [2.75, 3.05) is 7.11 Å². The van der Waals surface area contributed by atoms with Crippen LogP contribution in [-0.2, 0) is 0 Å². The van der Waals surface area contributed by atoms with E-state index in [-0.39, 0.29) is 22.0 Å². The van der Waals surface area contributed by atoms with Crippen molar-refractivity contribution in [2.24, 2.45) is 0 Å². The summed E-state index contributed by atoms with van der Waals surface area (Å²) in [4.78, 5) is 20.4. The SMILES string of the molecule is COc1cc(C=O)c(Cl)cc1[N+](=O)[O-]. The molecule has 0 unspecified atom stereocenters. The molecule has 5 nitrogen and oxygen atoms in total. The van der Waals surface area contributed by atoms with E-state index in [0.717, 1.165) is 6.07 Å². The van der Waals surface area contributed by atoms with Gasteiger partial charge in [0.25, 0.3) is 0 Å². The van der Waals surface area contributed by atoms with E-state index < -0.39 is 4.92 Å². The van der Waals surface area contributed by atoms with Gasteiger partial charge in [0.15, 0.2) is 12.0 Å². The molecule has 14 heavy (non-hydrogen) atoms. The predicted molar refractivity (Wildman–Crippen MR) is 50.0 cm³/mol. The normalized spacial score (nSPS) is 9.57. The number of halogens is 1. The number of hydrogen-bond acceptors (Lipinski definition) is 4. The highest BCUT2D eigenvalue weighted by molar-refractivity contribution is 6.33. The van der Waals surface area contributed by atoms with Crippen LogP contribution in [0.15, 0.2) is 12.1 Å². The monoisotopic (exact) mass is 215 g/mol. The zero-order valence-electron chi connectivity index (χ0n) is 7.19. The summed E-state index contributed by atoms with van der Waals surface area (Å²) in [6.07, 6.45) is 0.509. The summed E-state index contributed by atoms with van der Waals surface area (Å²) < 4.78 is 4.74. The summed E-state index contributed by atoms with van der Waals surface area (Å²) >= 11 is 5.61. The fourth-order valence-corrected chi connectivity index (χ4v) is 1.16. The van der Waals surface area contributed by atoms with Gasteiger partial charge in [0.1, 0.15) is 0 Å². The predicted octanol–water partition coefficient (Wildman–Crippen LogP) is 2.07. The summed E-state index contributed by atoms with van der Waals surface area (Å²) in [6.45, 7) is 0. The maximum absolute atomic E-state index is 10.5. The Bertz CT molecular complexity index is 391. The van der Waals surface area contributed by atoms with Gasteiger partial charge in [-0.15, -0.1) is 0 Å². The Hall–Kier alpha value is -1.62. The third kappa shape index (κ3) is 1.82. The van der Waals surface area contributed by atoms with Crippen LogP contribution in [0.2, 0.25) is 5.02 Å². The topological polar surface area (TPSA) is 69.4 Å². The summed E-state index contributed by atoms with van der Waals surface area (Å²) in [7, 11) is 1.28. The van der Waals surface area contributed by atoms with Crippen molar-refractivity contribution in [1.82, 2.24) is 0 Å². The molecule has 0 saturated carbocycles. The van der Waals surface area contributed by atoms with Gasteiger partial charge in [-0.05, 0) is 6.07 Å². The molecule has 0 bridgehead atoms. The smallest absolute Gasteiger partial charge is 0.312 e. The number of carbonyl (C=O) groups is 1. The number of ether oxygens (including phenoxy) is 1. The maximum atomic E-state index is 10.5. The number of aldehydes is 1. The highest BCUT2D eigenvalue weighted by Crippen LogP contribution is 2.31. The molecule has 0 radical (unpaired) electrons. The van der Waals surface area contributed by atoms with Crippen LogP contribution < -0.4 is 4.74 Å². The average Bonchev–Trinajstić information content (AvgIpc) is 2.17. The van der Waals surface area contributed by atoms with Crippen LogP contribution in [0, 0.1) is 10.1 Å². The highest BCUT2D eigenvalue weighted by Gasteiger charge is 2.17. The van der Waals surface area contributed by atoms with Gasteiger partial charge in [0.05, 0.1) is 17.1 Å². The van der Waals surface area contributed by atoms with Gasteiger partial charge in [-0.1, -0.05) is 11.6 Å². The molecular weight excluding hydrogens is 210 g/mol. The van der Waals surface area contributed by atoms with E-state index in [0.29, 0.717) is 6.29 Å². The zero-order valence-corrected chi connectivity index (χ0v) is 7.95. The molecule has 1 aromatic rings. The zero-order chi connectivity index (χ0) is 10.7. The molecule has 74 valence electrons. The molecule has 0 heterocycles. The molecule has 0 aliphatic heterocycles. The van der Waals surface area contributed by atoms with Crippen molar-refractivity contribution in [2.45, 2.75) is 0 Å². The molecular formula is C8H6ClNO4. The quantitative estimate of drug-likeness (QED) is 0.440. The number of methoxy groups -OCH3 is 1. The van der Waals surface area contributed by atoms with Crippen molar-refractivity contribution < 1.29 is 14.5 Å². The molecule has 0 atom stereocenters. The lowest BCUT2D eigenvalue weighted by Crippen LogP contribution is -1.95. The molecule has 0 saturated heterocycles. The fourth-order valence-electron chi connectivity index (χ4n) is 0.955. The minimum Gasteiger partial charge on any atom is -0.490 e. The van der Waals surface area contributed by atoms with Gasteiger partial charge in [0.2, 0.25) is 0 Å². The first-order valence-corrected chi connectivity index (χ1v) is 3.95. The number of rotatable bonds is 3. The van der Waals surface area contributed by atoms with Crippen molar-refractivity contribution >= 4 is 23.6 Å². The standard InChI is InChI=1S/C8H6ClNO4/c1-14-8-2-5(4-11)6(9)3-7(8)10(12)13/h2-4H,1H3. The Morgan fingerprint density at radius 2 is 2.21 bits per heavy atom. The Morgan fingerprint density at radius 3 is 2.64 bits per heavy atom. The number of hydrogen-bond donors (Lipinski definition) is 0. The Labute approximate surface area is 84.4 Å². The molecule has 1 rings (SSSR count). The van der Waals surface area contributed by atoms with Crippen LogP contribution in [0.25, 0.3) is 0 Å². The fraction of sp³-hybridized carbons (Fsp3) is 0.125.